The Hall–Kier alpha value is -1.27. The van der Waals surface area contributed by atoms with Crippen LogP contribution in [0.3, 0.4) is 0 Å². The van der Waals surface area contributed by atoms with Crippen molar-refractivity contribution in [1.82, 2.24) is 4.90 Å². The number of halogens is 3. The molecule has 112 valence electrons. The van der Waals surface area contributed by atoms with Gasteiger partial charge in [0.2, 0.25) is 0 Å². The number of hydrogen-bond donors (Lipinski definition) is 1. The molecule has 2 unspecified atom stereocenters. The van der Waals surface area contributed by atoms with Gasteiger partial charge in [-0.15, -0.1) is 0 Å². The van der Waals surface area contributed by atoms with E-state index in [-0.39, 0.29) is 18.4 Å². The van der Waals surface area contributed by atoms with Gasteiger partial charge in [-0.1, -0.05) is 6.07 Å². The number of alkyl halides is 3. The summed E-state index contributed by atoms with van der Waals surface area (Å²) in [6.07, 6.45) is -3.35. The summed E-state index contributed by atoms with van der Waals surface area (Å²) in [6.45, 7) is 2.15. The van der Waals surface area contributed by atoms with E-state index in [1.165, 1.54) is 12.1 Å². The van der Waals surface area contributed by atoms with E-state index in [1.807, 2.05) is 7.05 Å². The van der Waals surface area contributed by atoms with Gasteiger partial charge >= 0.3 is 6.18 Å². The van der Waals surface area contributed by atoms with Crippen molar-refractivity contribution >= 4 is 0 Å². The first-order valence-electron chi connectivity index (χ1n) is 6.60. The molecule has 1 fully saturated rings. The highest BCUT2D eigenvalue weighted by atomic mass is 19.4. The zero-order valence-corrected chi connectivity index (χ0v) is 11.4. The van der Waals surface area contributed by atoms with E-state index in [0.717, 1.165) is 31.6 Å². The summed E-state index contributed by atoms with van der Waals surface area (Å²) in [7, 11) is 2.03. The molecule has 2 rings (SSSR count). The first-order chi connectivity index (χ1) is 9.36. The Morgan fingerprint density at radius 1 is 1.45 bits per heavy atom. The van der Waals surface area contributed by atoms with Crippen molar-refractivity contribution in [2.75, 3.05) is 26.7 Å². The van der Waals surface area contributed by atoms with Gasteiger partial charge in [0.15, 0.2) is 0 Å². The molecule has 0 bridgehead atoms. The molecule has 2 N–H and O–H groups in total. The van der Waals surface area contributed by atoms with Crippen molar-refractivity contribution in [3.8, 4) is 5.75 Å². The van der Waals surface area contributed by atoms with Crippen LogP contribution in [-0.4, -0.2) is 37.7 Å². The fourth-order valence-corrected chi connectivity index (χ4v) is 2.41. The van der Waals surface area contributed by atoms with Crippen LogP contribution in [0.1, 0.15) is 12.0 Å². The minimum Gasteiger partial charge on any atom is -0.492 e. The van der Waals surface area contributed by atoms with Crippen LogP contribution in [0.2, 0.25) is 0 Å². The topological polar surface area (TPSA) is 38.5 Å². The van der Waals surface area contributed by atoms with Crippen LogP contribution in [0.15, 0.2) is 24.3 Å². The van der Waals surface area contributed by atoms with Crippen molar-refractivity contribution in [2.45, 2.75) is 18.6 Å². The molecule has 0 aliphatic carbocycles. The normalized spacial score (nSPS) is 21.9. The van der Waals surface area contributed by atoms with Crippen molar-refractivity contribution in [1.29, 1.82) is 0 Å². The Morgan fingerprint density at radius 2 is 2.20 bits per heavy atom. The third kappa shape index (κ3) is 3.86. The fraction of sp³-hybridized carbons (Fsp3) is 0.571. The van der Waals surface area contributed by atoms with Crippen LogP contribution in [0.25, 0.3) is 0 Å². The third-order valence-corrected chi connectivity index (χ3v) is 3.64. The lowest BCUT2D eigenvalue weighted by Gasteiger charge is -2.20. The standard InChI is InChI=1S/C14H19F3N2O/c1-19-6-5-10(8-19)13(18)9-20-12-4-2-3-11(7-12)14(15,16)17/h2-4,7,10,13H,5-6,8-9,18H2,1H3. The summed E-state index contributed by atoms with van der Waals surface area (Å²) >= 11 is 0. The second-order valence-electron chi connectivity index (χ2n) is 5.31. The van der Waals surface area contributed by atoms with E-state index in [2.05, 4.69) is 4.90 Å². The van der Waals surface area contributed by atoms with Crippen LogP contribution in [-0.2, 0) is 6.18 Å². The van der Waals surface area contributed by atoms with Crippen LogP contribution in [0.4, 0.5) is 13.2 Å². The molecule has 2 atom stereocenters. The molecule has 0 saturated carbocycles. The Labute approximate surface area is 116 Å². The molecule has 1 aliphatic rings. The van der Waals surface area contributed by atoms with Gasteiger partial charge in [0.1, 0.15) is 12.4 Å². The van der Waals surface area contributed by atoms with Gasteiger partial charge in [0, 0.05) is 12.6 Å². The maximum atomic E-state index is 12.6. The number of nitrogens with zero attached hydrogens (tertiary/aromatic N) is 1. The lowest BCUT2D eigenvalue weighted by atomic mass is 10.0. The van der Waals surface area contributed by atoms with E-state index in [0.29, 0.717) is 5.92 Å². The van der Waals surface area contributed by atoms with Crippen LogP contribution in [0.5, 0.6) is 5.75 Å². The van der Waals surface area contributed by atoms with E-state index >= 15 is 0 Å². The van der Waals surface area contributed by atoms with Crippen molar-refractivity contribution in [3.63, 3.8) is 0 Å². The molecule has 1 saturated heterocycles. The summed E-state index contributed by atoms with van der Waals surface area (Å²) in [5.74, 6) is 0.549. The van der Waals surface area contributed by atoms with E-state index in [1.54, 1.807) is 0 Å². The number of hydrogen-bond acceptors (Lipinski definition) is 3. The molecule has 3 nitrogen and oxygen atoms in total. The number of nitrogens with two attached hydrogens (primary N) is 1. The predicted molar refractivity (Wildman–Crippen MR) is 70.5 cm³/mol. The fourth-order valence-electron chi connectivity index (χ4n) is 2.41. The van der Waals surface area contributed by atoms with Crippen LogP contribution in [0, 0.1) is 5.92 Å². The predicted octanol–water partition coefficient (Wildman–Crippen LogP) is 2.36. The first kappa shape index (κ1) is 15.1. The number of ether oxygens (including phenoxy) is 1. The molecular formula is C14H19F3N2O. The van der Waals surface area contributed by atoms with Gasteiger partial charge in [-0.25, -0.2) is 0 Å². The summed E-state index contributed by atoms with van der Waals surface area (Å²) < 4.78 is 43.1. The van der Waals surface area contributed by atoms with Gasteiger partial charge in [0.05, 0.1) is 5.56 Å². The van der Waals surface area contributed by atoms with Gasteiger partial charge in [-0.3, -0.25) is 0 Å². The van der Waals surface area contributed by atoms with Gasteiger partial charge in [-0.05, 0) is 44.1 Å². The van der Waals surface area contributed by atoms with E-state index < -0.39 is 11.7 Å². The molecule has 0 amide bonds. The van der Waals surface area contributed by atoms with Gasteiger partial charge in [-0.2, -0.15) is 13.2 Å². The SMILES string of the molecule is CN1CCC(C(N)COc2cccc(C(F)(F)F)c2)C1. The maximum absolute atomic E-state index is 12.6. The monoisotopic (exact) mass is 288 g/mol. The summed E-state index contributed by atoms with van der Waals surface area (Å²) in [6, 6.07) is 4.73. The zero-order chi connectivity index (χ0) is 14.8. The molecule has 0 radical (unpaired) electrons. The molecule has 0 aromatic heterocycles. The average molecular weight is 288 g/mol. The largest absolute Gasteiger partial charge is 0.492 e. The Bertz CT molecular complexity index is 450. The van der Waals surface area contributed by atoms with Gasteiger partial charge < -0.3 is 15.4 Å². The lowest BCUT2D eigenvalue weighted by molar-refractivity contribution is -0.137. The van der Waals surface area contributed by atoms with E-state index in [4.69, 9.17) is 10.5 Å². The number of benzene rings is 1. The molecule has 1 aromatic carbocycles. The van der Waals surface area contributed by atoms with Crippen molar-refractivity contribution in [2.24, 2.45) is 11.7 Å². The third-order valence-electron chi connectivity index (χ3n) is 3.64. The van der Waals surface area contributed by atoms with Crippen LogP contribution < -0.4 is 10.5 Å². The zero-order valence-electron chi connectivity index (χ0n) is 11.4. The summed E-state index contributed by atoms with van der Waals surface area (Å²) in [4.78, 5) is 2.19. The van der Waals surface area contributed by atoms with Crippen LogP contribution >= 0.6 is 0 Å². The summed E-state index contributed by atoms with van der Waals surface area (Å²) in [5.41, 5.74) is 5.33. The Kier molecular flexibility index (Phi) is 4.55. The lowest BCUT2D eigenvalue weighted by Crippen LogP contribution is -2.37. The highest BCUT2D eigenvalue weighted by Gasteiger charge is 2.31. The highest BCUT2D eigenvalue weighted by Crippen LogP contribution is 2.31. The average Bonchev–Trinajstić information content (AvgIpc) is 2.82. The van der Waals surface area contributed by atoms with Crippen molar-refractivity contribution in [3.05, 3.63) is 29.8 Å². The Morgan fingerprint density at radius 3 is 2.80 bits per heavy atom. The minimum atomic E-state index is -4.35. The second-order valence-corrected chi connectivity index (χ2v) is 5.31. The minimum absolute atomic E-state index is 0.158. The number of likely N-dealkylation sites (tertiary alicyclic amines) is 1. The maximum Gasteiger partial charge on any atom is 0.416 e. The number of rotatable bonds is 4. The van der Waals surface area contributed by atoms with E-state index in [9.17, 15) is 13.2 Å². The molecule has 0 spiro atoms. The molecule has 6 heteroatoms. The first-order valence-corrected chi connectivity index (χ1v) is 6.60. The molecule has 1 aromatic rings. The van der Waals surface area contributed by atoms with Gasteiger partial charge in [0.25, 0.3) is 0 Å². The molecule has 20 heavy (non-hydrogen) atoms. The second kappa shape index (κ2) is 6.01. The molecule has 1 heterocycles. The van der Waals surface area contributed by atoms with Crippen molar-refractivity contribution < 1.29 is 17.9 Å². The molecule has 1 aliphatic heterocycles. The highest BCUT2D eigenvalue weighted by molar-refractivity contribution is 5.30. The molecular weight excluding hydrogens is 269 g/mol. The smallest absolute Gasteiger partial charge is 0.416 e. The Balaban J connectivity index is 1.91. The quantitative estimate of drug-likeness (QED) is 0.924. The summed E-state index contributed by atoms with van der Waals surface area (Å²) in [5, 5.41) is 0.